The Balaban J connectivity index is 2.26. The number of hydrogen-bond acceptors (Lipinski definition) is 2. The molecule has 3 saturated carbocycles. The van der Waals surface area contributed by atoms with Crippen LogP contribution in [0.2, 0.25) is 0 Å². The molecule has 0 aromatic heterocycles. The van der Waals surface area contributed by atoms with Gasteiger partial charge in [0.2, 0.25) is 5.91 Å². The molecule has 0 saturated heterocycles. The molecule has 3 nitrogen and oxygen atoms in total. The molecule has 1 amide bonds. The van der Waals surface area contributed by atoms with Crippen molar-refractivity contribution < 1.29 is 9.59 Å². The van der Waals surface area contributed by atoms with Crippen LogP contribution in [0, 0.1) is 23.2 Å². The number of hydrogen-bond donors (Lipinski definition) is 0. The number of carbonyl (C=O) groups excluding carboxylic acids is 2. The zero-order valence-electron chi connectivity index (χ0n) is 12.0. The summed E-state index contributed by atoms with van der Waals surface area (Å²) in [6.07, 6.45) is 3.01. The van der Waals surface area contributed by atoms with Crippen molar-refractivity contribution in [1.82, 2.24) is 4.90 Å². The first-order valence-corrected chi connectivity index (χ1v) is 7.24. The zero-order valence-corrected chi connectivity index (χ0v) is 12.0. The second-order valence-electron chi connectivity index (χ2n) is 6.46. The predicted molar refractivity (Wildman–Crippen MR) is 71.0 cm³/mol. The fraction of sp³-hybridized carbons (Fsp3) is 0.867. The highest BCUT2D eigenvalue weighted by Gasteiger charge is 2.54. The molecule has 0 aliphatic heterocycles. The Bertz CT molecular complexity index is 358. The lowest BCUT2D eigenvalue weighted by Gasteiger charge is -2.51. The maximum absolute atomic E-state index is 12.6. The van der Waals surface area contributed by atoms with Crippen molar-refractivity contribution in [2.75, 3.05) is 13.1 Å². The molecule has 0 spiro atoms. The summed E-state index contributed by atoms with van der Waals surface area (Å²) in [5.41, 5.74) is 0.143. The Morgan fingerprint density at radius 1 is 1.28 bits per heavy atom. The van der Waals surface area contributed by atoms with Crippen molar-refractivity contribution in [2.45, 2.75) is 47.0 Å². The molecule has 3 rings (SSSR count). The van der Waals surface area contributed by atoms with Gasteiger partial charge in [-0.3, -0.25) is 9.59 Å². The average Bonchev–Trinajstić information content (AvgIpc) is 2.31. The molecule has 0 aromatic rings. The van der Waals surface area contributed by atoms with Crippen LogP contribution in [0.25, 0.3) is 0 Å². The molecule has 0 aromatic carbocycles. The maximum atomic E-state index is 12.6. The molecular weight excluding hydrogens is 226 g/mol. The molecule has 18 heavy (non-hydrogen) atoms. The largest absolute Gasteiger partial charge is 0.343 e. The minimum absolute atomic E-state index is 0.0764. The molecular formula is C15H25NO2. The lowest BCUT2D eigenvalue weighted by molar-refractivity contribution is -0.158. The van der Waals surface area contributed by atoms with Crippen LogP contribution in [0.3, 0.4) is 0 Å². The number of Topliss-reactive ketones (excluding diaryl/α,β-unsaturated/α-hetero) is 1. The summed E-state index contributed by atoms with van der Waals surface area (Å²) in [5, 5.41) is 0. The first-order valence-electron chi connectivity index (χ1n) is 7.24. The average molecular weight is 251 g/mol. The first-order chi connectivity index (χ1) is 8.42. The summed E-state index contributed by atoms with van der Waals surface area (Å²) < 4.78 is 0. The van der Waals surface area contributed by atoms with E-state index in [1.54, 1.807) is 0 Å². The van der Waals surface area contributed by atoms with Crippen LogP contribution in [-0.2, 0) is 9.59 Å². The maximum Gasteiger partial charge on any atom is 0.233 e. The lowest BCUT2D eigenvalue weighted by Crippen LogP contribution is -2.55. The van der Waals surface area contributed by atoms with Gasteiger partial charge in [-0.25, -0.2) is 0 Å². The molecule has 102 valence electrons. The highest BCUT2D eigenvalue weighted by atomic mass is 16.2. The van der Waals surface area contributed by atoms with Crippen LogP contribution < -0.4 is 0 Å². The number of nitrogens with zero attached hydrogens (tertiary/aromatic N) is 1. The number of rotatable bonds is 3. The highest BCUT2D eigenvalue weighted by molar-refractivity contribution is 6.04. The third-order valence-corrected chi connectivity index (χ3v) is 5.05. The Labute approximate surface area is 110 Å². The molecule has 3 heteroatoms. The summed E-state index contributed by atoms with van der Waals surface area (Å²) in [6.45, 7) is 9.82. The van der Waals surface area contributed by atoms with Gasteiger partial charge in [-0.2, -0.15) is 0 Å². The fourth-order valence-electron chi connectivity index (χ4n) is 4.00. The van der Waals surface area contributed by atoms with Crippen LogP contribution in [0.1, 0.15) is 47.0 Å². The van der Waals surface area contributed by atoms with Gasteiger partial charge in [0.05, 0.1) is 0 Å². The number of fused-ring (bicyclic) bond motifs is 3. The van der Waals surface area contributed by atoms with E-state index >= 15 is 0 Å². The monoisotopic (exact) mass is 251 g/mol. The standard InChI is InChI=1S/C15H25NO2/c1-5-16(6-2)14(18)12-11-8-7-10(13(12)17)9-15(11,3)4/h10-12H,5-9H2,1-4H3. The molecule has 3 unspecified atom stereocenters. The smallest absolute Gasteiger partial charge is 0.233 e. The van der Waals surface area contributed by atoms with Crippen LogP contribution in [0.5, 0.6) is 0 Å². The summed E-state index contributed by atoms with van der Waals surface area (Å²) in [6, 6.07) is 0. The minimum atomic E-state index is -0.354. The zero-order chi connectivity index (χ0) is 13.5. The van der Waals surface area contributed by atoms with Crippen molar-refractivity contribution in [3.63, 3.8) is 0 Å². The van der Waals surface area contributed by atoms with E-state index in [1.165, 1.54) is 0 Å². The second-order valence-corrected chi connectivity index (χ2v) is 6.46. The van der Waals surface area contributed by atoms with Crippen LogP contribution >= 0.6 is 0 Å². The van der Waals surface area contributed by atoms with E-state index in [2.05, 4.69) is 13.8 Å². The Hall–Kier alpha value is -0.860. The molecule has 0 radical (unpaired) electrons. The van der Waals surface area contributed by atoms with Crippen molar-refractivity contribution in [3.8, 4) is 0 Å². The van der Waals surface area contributed by atoms with E-state index in [1.807, 2.05) is 18.7 Å². The van der Waals surface area contributed by atoms with Gasteiger partial charge in [-0.1, -0.05) is 13.8 Å². The second kappa shape index (κ2) is 4.67. The Kier molecular flexibility index (Phi) is 3.52. The summed E-state index contributed by atoms with van der Waals surface area (Å²) in [5.74, 6) is 0.333. The summed E-state index contributed by atoms with van der Waals surface area (Å²) in [4.78, 5) is 26.8. The van der Waals surface area contributed by atoms with Gasteiger partial charge in [0.25, 0.3) is 0 Å². The normalized spacial score (nSPS) is 33.6. The Morgan fingerprint density at radius 3 is 2.39 bits per heavy atom. The third kappa shape index (κ3) is 1.98. The lowest BCUT2D eigenvalue weighted by atomic mass is 9.52. The van der Waals surface area contributed by atoms with E-state index in [-0.39, 0.29) is 34.9 Å². The van der Waals surface area contributed by atoms with Crippen molar-refractivity contribution in [2.24, 2.45) is 23.2 Å². The molecule has 3 aliphatic rings. The number of carbonyl (C=O) groups is 2. The van der Waals surface area contributed by atoms with Gasteiger partial charge in [-0.05, 0) is 44.4 Å². The van der Waals surface area contributed by atoms with Gasteiger partial charge in [-0.15, -0.1) is 0 Å². The van der Waals surface area contributed by atoms with Gasteiger partial charge < -0.3 is 4.90 Å². The van der Waals surface area contributed by atoms with E-state index < -0.39 is 0 Å². The Morgan fingerprint density at radius 2 is 1.89 bits per heavy atom. The van der Waals surface area contributed by atoms with Gasteiger partial charge in [0.15, 0.2) is 0 Å². The van der Waals surface area contributed by atoms with Crippen molar-refractivity contribution >= 4 is 11.7 Å². The molecule has 3 aliphatic carbocycles. The minimum Gasteiger partial charge on any atom is -0.343 e. The first kappa shape index (κ1) is 13.6. The van der Waals surface area contributed by atoms with Crippen molar-refractivity contribution in [3.05, 3.63) is 0 Å². The fourth-order valence-corrected chi connectivity index (χ4v) is 4.00. The summed E-state index contributed by atoms with van der Waals surface area (Å²) >= 11 is 0. The topological polar surface area (TPSA) is 37.4 Å². The van der Waals surface area contributed by atoms with Gasteiger partial charge >= 0.3 is 0 Å². The van der Waals surface area contributed by atoms with E-state index in [0.29, 0.717) is 13.1 Å². The van der Waals surface area contributed by atoms with Gasteiger partial charge in [0, 0.05) is 19.0 Å². The van der Waals surface area contributed by atoms with E-state index in [4.69, 9.17) is 0 Å². The molecule has 0 N–H and O–H groups in total. The van der Waals surface area contributed by atoms with Crippen molar-refractivity contribution in [1.29, 1.82) is 0 Å². The van der Waals surface area contributed by atoms with E-state index in [0.717, 1.165) is 19.3 Å². The third-order valence-electron chi connectivity index (χ3n) is 5.05. The number of amides is 1. The van der Waals surface area contributed by atoms with Gasteiger partial charge in [0.1, 0.15) is 11.7 Å². The number of ketones is 1. The predicted octanol–water partition coefficient (Wildman–Crippen LogP) is 2.50. The molecule has 3 fully saturated rings. The molecule has 2 bridgehead atoms. The molecule has 3 atom stereocenters. The van der Waals surface area contributed by atoms with Crippen LogP contribution in [0.15, 0.2) is 0 Å². The van der Waals surface area contributed by atoms with Crippen LogP contribution in [0.4, 0.5) is 0 Å². The quantitative estimate of drug-likeness (QED) is 0.723. The SMILES string of the molecule is CCN(CC)C(=O)C1C(=O)C2CCC1C(C)(C)C2. The summed E-state index contributed by atoms with van der Waals surface area (Å²) in [7, 11) is 0. The highest BCUT2D eigenvalue weighted by Crippen LogP contribution is 2.53. The van der Waals surface area contributed by atoms with E-state index in [9.17, 15) is 9.59 Å². The van der Waals surface area contributed by atoms with Crippen LogP contribution in [-0.4, -0.2) is 29.7 Å². The molecule has 0 heterocycles.